The van der Waals surface area contributed by atoms with Crippen molar-refractivity contribution in [2.24, 2.45) is 5.92 Å². The van der Waals surface area contributed by atoms with Crippen molar-refractivity contribution in [3.05, 3.63) is 0 Å². The standard InChI is InChI=1S/C16H27N3O3S/c1-11-13(20)19(14(23)17-11)9-7-12-6-5-8-18(10-12)15(21)22-16(2,3)4/h11-12H,5-10H2,1-4H3,(H,17,23)/t11-,12+/m0/s1. The molecule has 0 aromatic carbocycles. The lowest BCUT2D eigenvalue weighted by molar-refractivity contribution is -0.126. The van der Waals surface area contributed by atoms with E-state index in [0.29, 0.717) is 24.1 Å². The Morgan fingerprint density at radius 1 is 1.43 bits per heavy atom. The van der Waals surface area contributed by atoms with Crippen LogP contribution in [0.4, 0.5) is 4.79 Å². The van der Waals surface area contributed by atoms with Crippen LogP contribution in [0, 0.1) is 5.92 Å². The number of hydrogen-bond acceptors (Lipinski definition) is 4. The van der Waals surface area contributed by atoms with Crippen LogP contribution in [-0.4, -0.2) is 58.2 Å². The van der Waals surface area contributed by atoms with Crippen molar-refractivity contribution < 1.29 is 14.3 Å². The van der Waals surface area contributed by atoms with Gasteiger partial charge in [-0.05, 0) is 65.1 Å². The lowest BCUT2D eigenvalue weighted by Gasteiger charge is -2.34. The van der Waals surface area contributed by atoms with E-state index < -0.39 is 5.60 Å². The van der Waals surface area contributed by atoms with Gasteiger partial charge in [0.15, 0.2) is 5.11 Å². The molecule has 2 atom stereocenters. The molecule has 0 aliphatic carbocycles. The van der Waals surface area contributed by atoms with Crippen molar-refractivity contribution in [1.82, 2.24) is 15.1 Å². The van der Waals surface area contributed by atoms with E-state index in [0.717, 1.165) is 25.8 Å². The largest absolute Gasteiger partial charge is 0.444 e. The summed E-state index contributed by atoms with van der Waals surface area (Å²) in [6.07, 6.45) is 2.64. The molecule has 0 unspecified atom stereocenters. The fourth-order valence-electron chi connectivity index (χ4n) is 2.98. The maximum absolute atomic E-state index is 12.2. The topological polar surface area (TPSA) is 61.9 Å². The average molecular weight is 341 g/mol. The van der Waals surface area contributed by atoms with Crippen LogP contribution in [0.2, 0.25) is 0 Å². The summed E-state index contributed by atoms with van der Waals surface area (Å²) in [6, 6.07) is -0.230. The second-order valence-corrected chi connectivity index (χ2v) is 7.77. The molecule has 7 heteroatoms. The van der Waals surface area contributed by atoms with Crippen LogP contribution in [0.15, 0.2) is 0 Å². The third-order valence-electron chi connectivity index (χ3n) is 4.15. The molecule has 2 amide bonds. The predicted octanol–water partition coefficient (Wildman–Crippen LogP) is 2.13. The Hall–Kier alpha value is -1.37. The molecular formula is C16H27N3O3S. The first kappa shape index (κ1) is 18.0. The normalized spacial score (nSPS) is 25.6. The van der Waals surface area contributed by atoms with E-state index in [-0.39, 0.29) is 18.0 Å². The number of ether oxygens (including phenoxy) is 1. The van der Waals surface area contributed by atoms with Crippen LogP contribution in [0.3, 0.4) is 0 Å². The van der Waals surface area contributed by atoms with Crippen molar-refractivity contribution in [3.8, 4) is 0 Å². The molecule has 0 saturated carbocycles. The number of nitrogens with one attached hydrogen (secondary N) is 1. The van der Waals surface area contributed by atoms with Gasteiger partial charge in [0.05, 0.1) is 0 Å². The maximum atomic E-state index is 12.2. The van der Waals surface area contributed by atoms with Gasteiger partial charge in [-0.3, -0.25) is 9.69 Å². The molecule has 1 N–H and O–H groups in total. The molecular weight excluding hydrogens is 314 g/mol. The minimum absolute atomic E-state index is 0.0369. The van der Waals surface area contributed by atoms with Crippen molar-refractivity contribution in [2.45, 2.75) is 58.6 Å². The highest BCUT2D eigenvalue weighted by Crippen LogP contribution is 2.22. The molecule has 2 fully saturated rings. The summed E-state index contributed by atoms with van der Waals surface area (Å²) in [5, 5.41) is 3.50. The highest BCUT2D eigenvalue weighted by atomic mass is 32.1. The molecule has 0 spiro atoms. The van der Waals surface area contributed by atoms with Crippen LogP contribution in [-0.2, 0) is 9.53 Å². The molecule has 2 aliphatic rings. The number of nitrogens with zero attached hydrogens (tertiary/aromatic N) is 2. The summed E-state index contributed by atoms with van der Waals surface area (Å²) in [7, 11) is 0. The minimum atomic E-state index is -0.472. The summed E-state index contributed by atoms with van der Waals surface area (Å²) >= 11 is 5.20. The van der Waals surface area contributed by atoms with E-state index in [4.69, 9.17) is 17.0 Å². The number of carbonyl (C=O) groups is 2. The number of likely N-dealkylation sites (tertiary alicyclic amines) is 1. The van der Waals surface area contributed by atoms with Gasteiger partial charge in [-0.2, -0.15) is 0 Å². The first-order chi connectivity index (χ1) is 10.7. The summed E-state index contributed by atoms with van der Waals surface area (Å²) < 4.78 is 5.44. The number of rotatable bonds is 3. The van der Waals surface area contributed by atoms with Gasteiger partial charge in [-0.25, -0.2) is 4.79 Å². The molecule has 2 aliphatic heterocycles. The number of carbonyl (C=O) groups excluding carboxylic acids is 2. The van der Waals surface area contributed by atoms with Gasteiger partial charge in [-0.15, -0.1) is 0 Å². The fourth-order valence-corrected chi connectivity index (χ4v) is 3.33. The smallest absolute Gasteiger partial charge is 0.410 e. The Labute approximate surface area is 143 Å². The predicted molar refractivity (Wildman–Crippen MR) is 92.1 cm³/mol. The molecule has 130 valence electrons. The van der Waals surface area contributed by atoms with Gasteiger partial charge in [0.1, 0.15) is 11.6 Å². The van der Waals surface area contributed by atoms with Crippen LogP contribution in [0.5, 0.6) is 0 Å². The van der Waals surface area contributed by atoms with Crippen LogP contribution in [0.1, 0.15) is 47.0 Å². The SMILES string of the molecule is C[C@@H]1NC(=S)N(CC[C@H]2CCCN(C(=O)OC(C)(C)C)C2)C1=O. The number of amides is 2. The Kier molecular flexibility index (Phi) is 5.49. The second-order valence-electron chi connectivity index (χ2n) is 7.38. The summed E-state index contributed by atoms with van der Waals surface area (Å²) in [4.78, 5) is 27.6. The van der Waals surface area contributed by atoms with E-state index in [2.05, 4.69) is 5.32 Å². The van der Waals surface area contributed by atoms with Crippen molar-refractivity contribution in [2.75, 3.05) is 19.6 Å². The Morgan fingerprint density at radius 2 is 2.13 bits per heavy atom. The minimum Gasteiger partial charge on any atom is -0.444 e. The average Bonchev–Trinajstić information content (AvgIpc) is 2.69. The molecule has 0 radical (unpaired) electrons. The van der Waals surface area contributed by atoms with E-state index in [1.165, 1.54) is 0 Å². The zero-order valence-corrected chi connectivity index (χ0v) is 15.2. The van der Waals surface area contributed by atoms with Crippen molar-refractivity contribution >= 4 is 29.3 Å². The molecule has 2 heterocycles. The number of piperidine rings is 1. The van der Waals surface area contributed by atoms with E-state index >= 15 is 0 Å². The Balaban J connectivity index is 1.84. The van der Waals surface area contributed by atoms with Crippen molar-refractivity contribution in [1.29, 1.82) is 0 Å². The molecule has 0 aromatic rings. The monoisotopic (exact) mass is 341 g/mol. The molecule has 6 nitrogen and oxygen atoms in total. The Bertz CT molecular complexity index is 489. The molecule has 23 heavy (non-hydrogen) atoms. The van der Waals surface area contributed by atoms with Gasteiger partial charge < -0.3 is 15.0 Å². The summed E-state index contributed by atoms with van der Waals surface area (Å²) in [5.74, 6) is 0.414. The highest BCUT2D eigenvalue weighted by molar-refractivity contribution is 7.80. The zero-order chi connectivity index (χ0) is 17.2. The van der Waals surface area contributed by atoms with E-state index in [1.54, 1.807) is 9.80 Å². The van der Waals surface area contributed by atoms with Gasteiger partial charge in [-0.1, -0.05) is 0 Å². The van der Waals surface area contributed by atoms with Gasteiger partial charge in [0.2, 0.25) is 0 Å². The third-order valence-corrected chi connectivity index (χ3v) is 4.49. The van der Waals surface area contributed by atoms with Gasteiger partial charge in [0.25, 0.3) is 5.91 Å². The van der Waals surface area contributed by atoms with Gasteiger partial charge in [0, 0.05) is 19.6 Å². The lowest BCUT2D eigenvalue weighted by Crippen LogP contribution is -2.43. The third kappa shape index (κ3) is 4.80. The van der Waals surface area contributed by atoms with Crippen LogP contribution >= 0.6 is 12.2 Å². The van der Waals surface area contributed by atoms with Crippen molar-refractivity contribution in [3.63, 3.8) is 0 Å². The summed E-state index contributed by atoms with van der Waals surface area (Å²) in [6.45, 7) is 9.49. The molecule has 0 aromatic heterocycles. The first-order valence-electron chi connectivity index (χ1n) is 8.27. The molecule has 0 bridgehead atoms. The molecule has 2 saturated heterocycles. The zero-order valence-electron chi connectivity index (χ0n) is 14.4. The number of hydrogen-bond donors (Lipinski definition) is 1. The number of thiocarbonyl (C=S) groups is 1. The molecule has 2 rings (SSSR count). The summed E-state index contributed by atoms with van der Waals surface area (Å²) in [5.41, 5.74) is -0.472. The highest BCUT2D eigenvalue weighted by Gasteiger charge is 2.33. The van der Waals surface area contributed by atoms with Gasteiger partial charge >= 0.3 is 6.09 Å². The lowest BCUT2D eigenvalue weighted by atomic mass is 9.95. The maximum Gasteiger partial charge on any atom is 0.410 e. The quantitative estimate of drug-likeness (QED) is 0.797. The Morgan fingerprint density at radius 3 is 2.70 bits per heavy atom. The second kappa shape index (κ2) is 7.03. The fraction of sp³-hybridized carbons (Fsp3) is 0.812. The first-order valence-corrected chi connectivity index (χ1v) is 8.68. The van der Waals surface area contributed by atoms with E-state index in [1.807, 2.05) is 27.7 Å². The van der Waals surface area contributed by atoms with E-state index in [9.17, 15) is 9.59 Å². The van der Waals surface area contributed by atoms with Crippen LogP contribution < -0.4 is 5.32 Å². The van der Waals surface area contributed by atoms with Crippen LogP contribution in [0.25, 0.3) is 0 Å².